The van der Waals surface area contributed by atoms with Gasteiger partial charge in [0, 0.05) is 36.3 Å². The van der Waals surface area contributed by atoms with Gasteiger partial charge in [-0.05, 0) is 51.1 Å². The molecule has 0 spiro atoms. The Morgan fingerprint density at radius 1 is 0.743 bits per heavy atom. The first-order chi connectivity index (χ1) is 16.4. The molecule has 0 aromatic rings. The summed E-state index contributed by atoms with van der Waals surface area (Å²) in [6.45, 7) is 13.4. The quantitative estimate of drug-likeness (QED) is 0.121. The Hall–Kier alpha value is -2.20. The van der Waals surface area contributed by atoms with Crippen molar-refractivity contribution in [3.05, 3.63) is 0 Å². The van der Waals surface area contributed by atoms with Crippen LogP contribution in [0.4, 0.5) is 0 Å². The van der Waals surface area contributed by atoms with Crippen LogP contribution in [0.5, 0.6) is 0 Å². The highest BCUT2D eigenvalue weighted by Crippen LogP contribution is 2.25. The lowest BCUT2D eigenvalue weighted by molar-refractivity contribution is -0.131. The Balaban J connectivity index is 4.35. The average Bonchev–Trinajstić information content (AvgIpc) is 2.81. The van der Waals surface area contributed by atoms with E-state index in [2.05, 4.69) is 21.3 Å². The Labute approximate surface area is 211 Å². The van der Waals surface area contributed by atoms with Gasteiger partial charge < -0.3 is 32.7 Å². The van der Waals surface area contributed by atoms with E-state index in [-0.39, 0.29) is 54.0 Å². The lowest BCUT2D eigenvalue weighted by atomic mass is 9.84. The maximum absolute atomic E-state index is 12.4. The van der Waals surface area contributed by atoms with Gasteiger partial charge in [0.2, 0.25) is 23.6 Å². The summed E-state index contributed by atoms with van der Waals surface area (Å²) in [5, 5.41) is 11.2. The van der Waals surface area contributed by atoms with E-state index in [9.17, 15) is 19.2 Å². The lowest BCUT2D eigenvalue weighted by Crippen LogP contribution is -2.42. The second-order valence-electron chi connectivity index (χ2n) is 10.3. The third-order valence-corrected chi connectivity index (χ3v) is 6.58. The minimum absolute atomic E-state index is 0.0269. The van der Waals surface area contributed by atoms with Crippen LogP contribution in [0.15, 0.2) is 0 Å². The van der Waals surface area contributed by atoms with Crippen LogP contribution in [0.1, 0.15) is 73.6 Å². The molecule has 0 aromatic carbocycles. The molecule has 0 aliphatic carbocycles. The van der Waals surface area contributed by atoms with Gasteiger partial charge in [0.1, 0.15) is 0 Å². The highest BCUT2D eigenvalue weighted by molar-refractivity contribution is 5.82. The molecule has 0 fully saturated rings. The van der Waals surface area contributed by atoms with Crippen molar-refractivity contribution in [1.82, 2.24) is 21.3 Å². The minimum atomic E-state index is -0.581. The molecule has 4 atom stereocenters. The van der Waals surface area contributed by atoms with Crippen molar-refractivity contribution in [2.45, 2.75) is 73.6 Å². The van der Waals surface area contributed by atoms with Crippen LogP contribution in [0.25, 0.3) is 0 Å². The van der Waals surface area contributed by atoms with E-state index in [1.54, 1.807) is 0 Å². The first kappa shape index (κ1) is 32.8. The SMILES string of the molecule is CC(CCC(C)(C)C(=O)NCCCN)C(=O)NCNC(=O)C(C)CC(C)C(C)C(=O)NCCCN. The number of rotatable bonds is 18. The molecule has 4 amide bonds. The molecule has 0 aromatic heterocycles. The third kappa shape index (κ3) is 13.5. The van der Waals surface area contributed by atoms with Crippen LogP contribution in [-0.4, -0.2) is 56.5 Å². The van der Waals surface area contributed by atoms with Gasteiger partial charge in [-0.1, -0.05) is 41.5 Å². The van der Waals surface area contributed by atoms with Gasteiger partial charge >= 0.3 is 0 Å². The molecular formula is C25H50N6O4. The highest BCUT2D eigenvalue weighted by atomic mass is 16.2. The van der Waals surface area contributed by atoms with E-state index in [4.69, 9.17) is 11.5 Å². The standard InChI is InChI=1S/C25H50N6O4/c1-17(9-10-25(5,6)24(35)29-14-8-12-27)21(32)30-16-31-22(33)19(3)15-18(2)20(4)23(34)28-13-7-11-26/h17-20H,7-16,26-27H2,1-6H3,(H,28,34)(H,29,35)(H,30,32)(H,31,33). The molecule has 4 unspecified atom stereocenters. The van der Waals surface area contributed by atoms with E-state index in [0.717, 1.165) is 12.8 Å². The summed E-state index contributed by atoms with van der Waals surface area (Å²) in [5.74, 6) is -1.19. The molecule has 0 aliphatic rings. The van der Waals surface area contributed by atoms with Crippen LogP contribution < -0.4 is 32.7 Å². The monoisotopic (exact) mass is 498 g/mol. The minimum Gasteiger partial charge on any atom is -0.356 e. The zero-order valence-electron chi connectivity index (χ0n) is 22.7. The Kier molecular flexibility index (Phi) is 16.2. The molecule has 0 saturated heterocycles. The second-order valence-corrected chi connectivity index (χ2v) is 10.3. The fraction of sp³-hybridized carbons (Fsp3) is 0.840. The van der Waals surface area contributed by atoms with E-state index >= 15 is 0 Å². The normalized spacial score (nSPS) is 14.9. The fourth-order valence-corrected chi connectivity index (χ4v) is 3.53. The van der Waals surface area contributed by atoms with Gasteiger partial charge in [0.15, 0.2) is 0 Å². The van der Waals surface area contributed by atoms with Crippen LogP contribution in [0, 0.1) is 29.1 Å². The number of carbonyl (C=O) groups excluding carboxylic acids is 4. The predicted molar refractivity (Wildman–Crippen MR) is 139 cm³/mol. The molecule has 204 valence electrons. The van der Waals surface area contributed by atoms with Crippen molar-refractivity contribution >= 4 is 23.6 Å². The maximum atomic E-state index is 12.4. The van der Waals surface area contributed by atoms with Gasteiger partial charge in [-0.2, -0.15) is 0 Å². The second kappa shape index (κ2) is 17.3. The van der Waals surface area contributed by atoms with Crippen molar-refractivity contribution in [2.75, 3.05) is 32.8 Å². The summed E-state index contributed by atoms with van der Waals surface area (Å²) in [4.78, 5) is 49.4. The first-order valence-electron chi connectivity index (χ1n) is 12.9. The van der Waals surface area contributed by atoms with Gasteiger partial charge in [0.25, 0.3) is 0 Å². The Morgan fingerprint density at radius 3 is 1.80 bits per heavy atom. The van der Waals surface area contributed by atoms with Crippen LogP contribution in [-0.2, 0) is 19.2 Å². The maximum Gasteiger partial charge on any atom is 0.225 e. The predicted octanol–water partition coefficient (Wildman–Crippen LogP) is 0.847. The van der Waals surface area contributed by atoms with Gasteiger partial charge in [0.05, 0.1) is 6.67 Å². The lowest BCUT2D eigenvalue weighted by Gasteiger charge is -2.25. The zero-order chi connectivity index (χ0) is 27.0. The third-order valence-electron chi connectivity index (χ3n) is 6.58. The molecule has 0 aliphatic heterocycles. The molecule has 0 saturated carbocycles. The van der Waals surface area contributed by atoms with Crippen molar-refractivity contribution in [3.8, 4) is 0 Å². The van der Waals surface area contributed by atoms with Crippen LogP contribution in [0.3, 0.4) is 0 Å². The summed E-state index contributed by atoms with van der Waals surface area (Å²) in [6, 6.07) is 0. The van der Waals surface area contributed by atoms with E-state index < -0.39 is 5.41 Å². The highest BCUT2D eigenvalue weighted by Gasteiger charge is 2.29. The topological polar surface area (TPSA) is 168 Å². The molecule has 8 N–H and O–H groups in total. The largest absolute Gasteiger partial charge is 0.356 e. The first-order valence-corrected chi connectivity index (χ1v) is 12.9. The summed E-state index contributed by atoms with van der Waals surface area (Å²) in [7, 11) is 0. The average molecular weight is 499 g/mol. The molecule has 0 rings (SSSR count). The van der Waals surface area contributed by atoms with Crippen molar-refractivity contribution in [2.24, 2.45) is 40.6 Å². The van der Waals surface area contributed by atoms with Crippen LogP contribution in [0.2, 0.25) is 0 Å². The van der Waals surface area contributed by atoms with Gasteiger partial charge in [-0.15, -0.1) is 0 Å². The number of amides is 4. The molecule has 0 radical (unpaired) electrons. The fourth-order valence-electron chi connectivity index (χ4n) is 3.53. The molecule has 10 heteroatoms. The number of hydrogen-bond donors (Lipinski definition) is 6. The van der Waals surface area contributed by atoms with E-state index in [0.29, 0.717) is 45.4 Å². The summed E-state index contributed by atoms with van der Waals surface area (Å²) in [5.41, 5.74) is 10.3. The summed E-state index contributed by atoms with van der Waals surface area (Å²) >= 11 is 0. The molecule has 35 heavy (non-hydrogen) atoms. The smallest absolute Gasteiger partial charge is 0.225 e. The van der Waals surface area contributed by atoms with E-state index in [1.165, 1.54) is 0 Å². The number of hydrogen-bond acceptors (Lipinski definition) is 6. The number of nitrogens with two attached hydrogens (primary N) is 2. The number of carbonyl (C=O) groups is 4. The summed E-state index contributed by atoms with van der Waals surface area (Å²) in [6.07, 6.45) is 3.14. The van der Waals surface area contributed by atoms with Crippen molar-refractivity contribution in [1.29, 1.82) is 0 Å². The van der Waals surface area contributed by atoms with E-state index in [1.807, 2.05) is 41.5 Å². The van der Waals surface area contributed by atoms with Crippen molar-refractivity contribution in [3.63, 3.8) is 0 Å². The number of nitrogens with one attached hydrogen (secondary N) is 4. The Morgan fingerprint density at radius 2 is 1.26 bits per heavy atom. The Bertz CT molecular complexity index is 670. The molecular weight excluding hydrogens is 448 g/mol. The van der Waals surface area contributed by atoms with Crippen LogP contribution >= 0.6 is 0 Å². The molecule has 0 heterocycles. The summed E-state index contributed by atoms with van der Waals surface area (Å²) < 4.78 is 0. The zero-order valence-corrected chi connectivity index (χ0v) is 22.7. The van der Waals surface area contributed by atoms with Gasteiger partial charge in [-0.25, -0.2) is 0 Å². The molecule has 10 nitrogen and oxygen atoms in total. The van der Waals surface area contributed by atoms with Gasteiger partial charge in [-0.3, -0.25) is 19.2 Å². The van der Waals surface area contributed by atoms with Crippen molar-refractivity contribution < 1.29 is 19.2 Å². The molecule has 0 bridgehead atoms.